The third-order valence-electron chi connectivity index (χ3n) is 5.69. The molecule has 1 aliphatic carbocycles. The summed E-state index contributed by atoms with van der Waals surface area (Å²) in [5, 5.41) is 8.98. The van der Waals surface area contributed by atoms with E-state index in [2.05, 4.69) is 22.9 Å². The van der Waals surface area contributed by atoms with Crippen molar-refractivity contribution in [2.45, 2.75) is 64.3 Å². The second-order valence-corrected chi connectivity index (χ2v) is 8.76. The summed E-state index contributed by atoms with van der Waals surface area (Å²) < 4.78 is 5.80. The van der Waals surface area contributed by atoms with Crippen molar-refractivity contribution in [1.82, 2.24) is 10.6 Å². The van der Waals surface area contributed by atoms with E-state index in [-0.39, 0.29) is 23.0 Å². The molecular weight excluding hydrogens is 434 g/mol. The number of hydrogen-bond donors (Lipinski definition) is 3. The van der Waals surface area contributed by atoms with Gasteiger partial charge in [0.25, 0.3) is 11.8 Å². The Morgan fingerprint density at radius 3 is 2.58 bits per heavy atom. The van der Waals surface area contributed by atoms with E-state index in [0.29, 0.717) is 29.2 Å². The van der Waals surface area contributed by atoms with E-state index in [1.165, 1.54) is 6.42 Å². The van der Waals surface area contributed by atoms with E-state index in [1.54, 1.807) is 42.5 Å². The third-order valence-corrected chi connectivity index (χ3v) is 5.89. The molecule has 3 rings (SSSR count). The Bertz CT molecular complexity index is 957. The second-order valence-electron chi connectivity index (χ2n) is 8.35. The molecule has 0 bridgehead atoms. The summed E-state index contributed by atoms with van der Waals surface area (Å²) in [5.74, 6) is 0.106. The van der Waals surface area contributed by atoms with Gasteiger partial charge in [0.05, 0.1) is 12.2 Å². The Kier molecular flexibility index (Phi) is 9.69. The van der Waals surface area contributed by atoms with Crippen LogP contribution in [0.25, 0.3) is 0 Å². The summed E-state index contributed by atoms with van der Waals surface area (Å²) in [7, 11) is 0. The van der Waals surface area contributed by atoms with Gasteiger partial charge >= 0.3 is 0 Å². The van der Waals surface area contributed by atoms with Gasteiger partial charge in [-0.2, -0.15) is 0 Å². The number of benzene rings is 2. The Balaban J connectivity index is 1.56. The highest BCUT2D eigenvalue weighted by Gasteiger charge is 2.17. The van der Waals surface area contributed by atoms with Gasteiger partial charge in [0.15, 0.2) is 5.11 Å². The molecule has 0 unspecified atom stereocenters. The van der Waals surface area contributed by atoms with Crippen LogP contribution in [-0.2, 0) is 0 Å². The average molecular weight is 468 g/mol. The van der Waals surface area contributed by atoms with E-state index < -0.39 is 0 Å². The molecule has 0 spiro atoms. The molecule has 2 aromatic rings. The Morgan fingerprint density at radius 2 is 1.79 bits per heavy atom. The number of amides is 2. The maximum Gasteiger partial charge on any atom is 0.261 e. The molecule has 0 heterocycles. The lowest BCUT2D eigenvalue weighted by molar-refractivity contribution is 0.0926. The normalized spacial score (nSPS) is 13.7. The zero-order valence-electron chi connectivity index (χ0n) is 19.2. The number of thiocarbonyl (C=S) groups is 1. The van der Waals surface area contributed by atoms with Gasteiger partial charge in [0, 0.05) is 17.3 Å². The van der Waals surface area contributed by atoms with Crippen LogP contribution in [0.15, 0.2) is 48.5 Å². The monoisotopic (exact) mass is 467 g/mol. The predicted molar refractivity (Wildman–Crippen MR) is 136 cm³/mol. The van der Waals surface area contributed by atoms with Crippen molar-refractivity contribution in [2.24, 2.45) is 0 Å². The van der Waals surface area contributed by atoms with E-state index in [9.17, 15) is 9.59 Å². The minimum atomic E-state index is -0.343. The molecule has 176 valence electrons. The van der Waals surface area contributed by atoms with Crippen LogP contribution in [0, 0.1) is 0 Å². The van der Waals surface area contributed by atoms with E-state index in [0.717, 1.165) is 44.9 Å². The third kappa shape index (κ3) is 7.86. The number of unbranched alkanes of at least 4 members (excludes halogenated alkanes) is 2. The zero-order valence-corrected chi connectivity index (χ0v) is 20.0. The molecule has 33 heavy (non-hydrogen) atoms. The predicted octanol–water partition coefficient (Wildman–Crippen LogP) is 5.44. The molecule has 2 amide bonds. The highest BCUT2D eigenvalue weighted by Crippen LogP contribution is 2.20. The van der Waals surface area contributed by atoms with Crippen molar-refractivity contribution >= 4 is 34.8 Å². The quantitative estimate of drug-likeness (QED) is 0.338. The summed E-state index contributed by atoms with van der Waals surface area (Å²) in [5.41, 5.74) is 1.63. The van der Waals surface area contributed by atoms with Crippen molar-refractivity contribution in [1.29, 1.82) is 0 Å². The topological polar surface area (TPSA) is 79.5 Å². The number of ether oxygens (including phenoxy) is 1. The lowest BCUT2D eigenvalue weighted by atomic mass is 9.95. The van der Waals surface area contributed by atoms with Crippen LogP contribution < -0.4 is 20.7 Å². The van der Waals surface area contributed by atoms with Gasteiger partial charge in [0.2, 0.25) is 0 Å². The molecule has 3 N–H and O–H groups in total. The highest BCUT2D eigenvalue weighted by atomic mass is 32.1. The second kappa shape index (κ2) is 12.9. The van der Waals surface area contributed by atoms with Gasteiger partial charge < -0.3 is 15.4 Å². The average Bonchev–Trinajstić information content (AvgIpc) is 2.83. The maximum absolute atomic E-state index is 12.8. The fourth-order valence-electron chi connectivity index (χ4n) is 3.90. The summed E-state index contributed by atoms with van der Waals surface area (Å²) >= 11 is 5.33. The number of para-hydroxylation sites is 1. The SMILES string of the molecule is CCCCCOc1ccccc1C(=O)NC(=S)Nc1cccc(C(=O)NC2CCCCC2)c1. The van der Waals surface area contributed by atoms with Gasteiger partial charge in [0.1, 0.15) is 5.75 Å². The number of carbonyl (C=O) groups is 2. The van der Waals surface area contributed by atoms with Gasteiger partial charge in [-0.25, -0.2) is 0 Å². The molecule has 2 aromatic carbocycles. The molecule has 0 saturated heterocycles. The molecule has 1 aliphatic rings. The first-order valence-corrected chi connectivity index (χ1v) is 12.2. The molecule has 0 atom stereocenters. The molecule has 0 radical (unpaired) electrons. The van der Waals surface area contributed by atoms with Crippen molar-refractivity contribution in [3.05, 3.63) is 59.7 Å². The van der Waals surface area contributed by atoms with E-state index in [1.807, 2.05) is 6.07 Å². The van der Waals surface area contributed by atoms with Gasteiger partial charge in [-0.15, -0.1) is 0 Å². The molecule has 6 nitrogen and oxygen atoms in total. The molecule has 1 saturated carbocycles. The Labute approximate surface area is 201 Å². The molecule has 0 aliphatic heterocycles. The first-order valence-electron chi connectivity index (χ1n) is 11.8. The lowest BCUT2D eigenvalue weighted by Gasteiger charge is -2.22. The fourth-order valence-corrected chi connectivity index (χ4v) is 4.11. The number of hydrogen-bond acceptors (Lipinski definition) is 4. The fraction of sp³-hybridized carbons (Fsp3) is 0.423. The van der Waals surface area contributed by atoms with Gasteiger partial charge in [-0.1, -0.05) is 57.2 Å². The van der Waals surface area contributed by atoms with Crippen LogP contribution >= 0.6 is 12.2 Å². The van der Waals surface area contributed by atoms with Gasteiger partial charge in [-0.05, 0) is 61.8 Å². The largest absolute Gasteiger partial charge is 0.493 e. The highest BCUT2D eigenvalue weighted by molar-refractivity contribution is 7.80. The smallest absolute Gasteiger partial charge is 0.261 e. The van der Waals surface area contributed by atoms with Crippen molar-refractivity contribution in [3.8, 4) is 5.75 Å². The maximum atomic E-state index is 12.8. The zero-order chi connectivity index (χ0) is 23.5. The summed E-state index contributed by atoms with van der Waals surface area (Å²) in [4.78, 5) is 25.4. The number of carbonyl (C=O) groups excluding carboxylic acids is 2. The first-order chi connectivity index (χ1) is 16.1. The van der Waals surface area contributed by atoms with E-state index >= 15 is 0 Å². The van der Waals surface area contributed by atoms with Crippen LogP contribution in [0.1, 0.15) is 79.0 Å². The lowest BCUT2D eigenvalue weighted by Crippen LogP contribution is -2.36. The molecule has 7 heteroatoms. The summed E-state index contributed by atoms with van der Waals surface area (Å²) in [6, 6.07) is 14.5. The Hall–Kier alpha value is -2.93. The van der Waals surface area contributed by atoms with E-state index in [4.69, 9.17) is 17.0 Å². The first kappa shape index (κ1) is 24.7. The molecule has 1 fully saturated rings. The van der Waals surface area contributed by atoms with Crippen molar-refractivity contribution in [2.75, 3.05) is 11.9 Å². The van der Waals surface area contributed by atoms with Crippen molar-refractivity contribution < 1.29 is 14.3 Å². The van der Waals surface area contributed by atoms with Crippen molar-refractivity contribution in [3.63, 3.8) is 0 Å². The minimum Gasteiger partial charge on any atom is -0.493 e. The van der Waals surface area contributed by atoms with Crippen LogP contribution in [-0.4, -0.2) is 29.6 Å². The van der Waals surface area contributed by atoms with Crippen LogP contribution in [0.3, 0.4) is 0 Å². The summed E-state index contributed by atoms with van der Waals surface area (Å²) in [6.07, 6.45) is 8.75. The number of rotatable bonds is 9. The molecule has 0 aromatic heterocycles. The number of anilines is 1. The number of nitrogens with one attached hydrogen (secondary N) is 3. The standard InChI is InChI=1S/C26H33N3O3S/c1-2-3-9-17-32-23-16-8-7-15-22(23)25(31)29-26(33)28-21-14-10-11-19(18-21)24(30)27-20-12-5-4-6-13-20/h7-8,10-11,14-16,18,20H,2-6,9,12-13,17H2,1H3,(H,27,30)(H2,28,29,31,33). The van der Waals surface area contributed by atoms with Gasteiger partial charge in [-0.3, -0.25) is 14.9 Å². The van der Waals surface area contributed by atoms with Crippen LogP contribution in [0.5, 0.6) is 5.75 Å². The molecular formula is C26H33N3O3S. The summed E-state index contributed by atoms with van der Waals surface area (Å²) in [6.45, 7) is 2.70. The Morgan fingerprint density at radius 1 is 1.00 bits per heavy atom. The minimum absolute atomic E-state index is 0.0883. The van der Waals surface area contributed by atoms with Crippen LogP contribution in [0.4, 0.5) is 5.69 Å². The van der Waals surface area contributed by atoms with Crippen LogP contribution in [0.2, 0.25) is 0 Å².